The van der Waals surface area contributed by atoms with Crippen LogP contribution in [0.15, 0.2) is 0 Å². The van der Waals surface area contributed by atoms with Crippen LogP contribution < -0.4 is 0 Å². The van der Waals surface area contributed by atoms with E-state index in [1.165, 1.54) is 9.80 Å². The Labute approximate surface area is 167 Å². The second kappa shape index (κ2) is 6.47. The topological polar surface area (TPSA) is 118 Å². The molecule has 0 spiro atoms. The minimum Gasteiger partial charge on any atom is -0.393 e. The molecule has 4 rings (SSSR count). The van der Waals surface area contributed by atoms with E-state index in [9.17, 15) is 28.8 Å². The Hall–Kier alpha value is -2.58. The molecule has 0 aromatic heterocycles. The van der Waals surface area contributed by atoms with Crippen molar-refractivity contribution in [1.82, 2.24) is 9.80 Å². The van der Waals surface area contributed by atoms with Crippen molar-refractivity contribution in [3.05, 3.63) is 0 Å². The summed E-state index contributed by atoms with van der Waals surface area (Å²) in [6.45, 7) is 3.15. The normalized spacial score (nSPS) is 26.6. The molecule has 0 radical (unpaired) electrons. The third-order valence-electron chi connectivity index (χ3n) is 7.50. The van der Waals surface area contributed by atoms with Crippen LogP contribution in [0, 0.1) is 11.8 Å². The van der Waals surface area contributed by atoms with Gasteiger partial charge in [0.05, 0.1) is 22.9 Å². The monoisotopic (exact) mass is 404 g/mol. The molecular formula is C20H24N2O7. The first kappa shape index (κ1) is 19.7. The van der Waals surface area contributed by atoms with Gasteiger partial charge in [-0.1, -0.05) is 0 Å². The largest absolute Gasteiger partial charge is 0.393 e. The average Bonchev–Trinajstić information content (AvgIpc) is 3.39. The van der Waals surface area contributed by atoms with Crippen LogP contribution in [-0.2, 0) is 33.5 Å². The van der Waals surface area contributed by atoms with Crippen molar-refractivity contribution in [3.8, 4) is 0 Å². The standard InChI is InChI=1S/C20H24N2O7/c1-11(19-7-3-13(23)21(19)14(24)4-8-19)17(27)29-18(28)12(2)20-9-5-15(25)22(20)16(26)6-10-20/h11-12H,3-10H2,1-2H3. The van der Waals surface area contributed by atoms with Crippen LogP contribution in [0.5, 0.6) is 0 Å². The molecule has 4 aliphatic rings. The molecule has 0 N–H and O–H groups in total. The number of ether oxygens (including phenoxy) is 1. The molecule has 156 valence electrons. The zero-order valence-corrected chi connectivity index (χ0v) is 16.6. The first-order valence-electron chi connectivity index (χ1n) is 10.1. The van der Waals surface area contributed by atoms with E-state index < -0.39 is 34.9 Å². The van der Waals surface area contributed by atoms with Crippen molar-refractivity contribution in [2.75, 3.05) is 0 Å². The van der Waals surface area contributed by atoms with Crippen molar-refractivity contribution < 1.29 is 33.5 Å². The number of carbonyl (C=O) groups is 6. The SMILES string of the molecule is CC(C(=O)OC(=O)C(C)C12CCC(=O)N1C(=O)CC2)C12CCC(=O)N1C(=O)CC2. The zero-order chi connectivity index (χ0) is 21.1. The summed E-state index contributed by atoms with van der Waals surface area (Å²) in [5, 5.41) is 0. The highest BCUT2D eigenvalue weighted by Crippen LogP contribution is 2.47. The Kier molecular flexibility index (Phi) is 4.40. The number of amides is 4. The van der Waals surface area contributed by atoms with Gasteiger partial charge in [0.25, 0.3) is 0 Å². The van der Waals surface area contributed by atoms with E-state index in [1.807, 2.05) is 0 Å². The van der Waals surface area contributed by atoms with Gasteiger partial charge in [0.2, 0.25) is 23.6 Å². The summed E-state index contributed by atoms with van der Waals surface area (Å²) in [7, 11) is 0. The van der Waals surface area contributed by atoms with Crippen LogP contribution in [0.3, 0.4) is 0 Å². The van der Waals surface area contributed by atoms with Crippen molar-refractivity contribution in [2.24, 2.45) is 11.8 Å². The minimum atomic E-state index is -0.925. The van der Waals surface area contributed by atoms with Gasteiger partial charge in [0.1, 0.15) is 0 Å². The van der Waals surface area contributed by atoms with Gasteiger partial charge < -0.3 is 4.74 Å². The number of carbonyl (C=O) groups excluding carboxylic acids is 6. The van der Waals surface area contributed by atoms with Gasteiger partial charge in [-0.25, -0.2) is 0 Å². The van der Waals surface area contributed by atoms with Crippen molar-refractivity contribution >= 4 is 35.6 Å². The van der Waals surface area contributed by atoms with E-state index in [4.69, 9.17) is 4.74 Å². The Morgan fingerprint density at radius 2 is 0.966 bits per heavy atom. The molecule has 9 nitrogen and oxygen atoms in total. The maximum atomic E-state index is 12.8. The molecule has 4 saturated heterocycles. The highest BCUT2D eigenvalue weighted by atomic mass is 16.6. The number of hydrogen-bond acceptors (Lipinski definition) is 7. The lowest BCUT2D eigenvalue weighted by Crippen LogP contribution is -2.52. The summed E-state index contributed by atoms with van der Waals surface area (Å²) < 4.78 is 5.17. The molecule has 0 saturated carbocycles. The summed E-state index contributed by atoms with van der Waals surface area (Å²) in [4.78, 5) is 76.4. The number of rotatable bonds is 4. The second-order valence-electron chi connectivity index (χ2n) is 8.64. The maximum absolute atomic E-state index is 12.8. The number of fused-ring (bicyclic) bond motifs is 2. The molecule has 0 aromatic carbocycles. The molecule has 2 unspecified atom stereocenters. The van der Waals surface area contributed by atoms with Crippen molar-refractivity contribution in [2.45, 2.75) is 76.3 Å². The molecule has 4 aliphatic heterocycles. The lowest BCUT2D eigenvalue weighted by Gasteiger charge is -2.36. The van der Waals surface area contributed by atoms with E-state index in [0.717, 1.165) is 0 Å². The van der Waals surface area contributed by atoms with Crippen LogP contribution >= 0.6 is 0 Å². The van der Waals surface area contributed by atoms with E-state index >= 15 is 0 Å². The number of nitrogens with zero attached hydrogens (tertiary/aromatic N) is 2. The third kappa shape index (κ3) is 2.59. The third-order valence-corrected chi connectivity index (χ3v) is 7.50. The summed E-state index contributed by atoms with van der Waals surface area (Å²) in [5.41, 5.74) is -1.85. The molecule has 0 aliphatic carbocycles. The highest BCUT2D eigenvalue weighted by Gasteiger charge is 2.60. The fraction of sp³-hybridized carbons (Fsp3) is 0.700. The van der Waals surface area contributed by atoms with E-state index in [2.05, 4.69) is 0 Å². The van der Waals surface area contributed by atoms with Gasteiger partial charge >= 0.3 is 11.9 Å². The predicted molar refractivity (Wildman–Crippen MR) is 95.5 cm³/mol. The first-order chi connectivity index (χ1) is 13.6. The summed E-state index contributed by atoms with van der Waals surface area (Å²) in [5.74, 6) is -4.42. The number of imide groups is 2. The number of esters is 2. The van der Waals surface area contributed by atoms with Crippen LogP contribution in [0.4, 0.5) is 0 Å². The van der Waals surface area contributed by atoms with E-state index in [-0.39, 0.29) is 49.3 Å². The molecule has 0 aromatic rings. The Balaban J connectivity index is 1.49. The molecule has 0 bridgehead atoms. The van der Waals surface area contributed by atoms with Crippen LogP contribution in [0.2, 0.25) is 0 Å². The van der Waals surface area contributed by atoms with E-state index in [0.29, 0.717) is 25.7 Å². The average molecular weight is 404 g/mol. The fourth-order valence-corrected chi connectivity index (χ4v) is 5.68. The van der Waals surface area contributed by atoms with Gasteiger partial charge in [0, 0.05) is 25.7 Å². The molecule has 4 amide bonds. The molecular weight excluding hydrogens is 380 g/mol. The van der Waals surface area contributed by atoms with Gasteiger partial charge in [-0.15, -0.1) is 0 Å². The molecule has 29 heavy (non-hydrogen) atoms. The smallest absolute Gasteiger partial charge is 0.318 e. The van der Waals surface area contributed by atoms with Gasteiger partial charge in [-0.2, -0.15) is 0 Å². The molecule has 9 heteroatoms. The Bertz CT molecular complexity index is 740. The lowest BCUT2D eigenvalue weighted by atomic mass is 9.80. The van der Waals surface area contributed by atoms with Crippen molar-refractivity contribution in [3.63, 3.8) is 0 Å². The highest BCUT2D eigenvalue weighted by molar-refractivity contribution is 6.02. The van der Waals surface area contributed by atoms with Crippen LogP contribution in [0.1, 0.15) is 65.2 Å². The first-order valence-corrected chi connectivity index (χ1v) is 10.1. The van der Waals surface area contributed by atoms with Crippen molar-refractivity contribution in [1.29, 1.82) is 0 Å². The Morgan fingerprint density at radius 3 is 1.24 bits per heavy atom. The molecule has 2 atom stereocenters. The number of hydrogen-bond donors (Lipinski definition) is 0. The zero-order valence-electron chi connectivity index (χ0n) is 16.6. The maximum Gasteiger partial charge on any atom is 0.318 e. The van der Waals surface area contributed by atoms with Gasteiger partial charge in [0.15, 0.2) is 0 Å². The quantitative estimate of drug-likeness (QED) is 0.384. The molecule has 4 heterocycles. The van der Waals surface area contributed by atoms with Crippen LogP contribution in [-0.4, -0.2) is 56.4 Å². The minimum absolute atomic E-state index is 0.190. The lowest BCUT2D eigenvalue weighted by molar-refractivity contribution is -0.170. The summed E-state index contributed by atoms with van der Waals surface area (Å²) >= 11 is 0. The second-order valence-corrected chi connectivity index (χ2v) is 8.64. The summed E-state index contributed by atoms with van der Waals surface area (Å²) in [6, 6.07) is 0. The van der Waals surface area contributed by atoms with Gasteiger partial charge in [-0.05, 0) is 39.5 Å². The van der Waals surface area contributed by atoms with E-state index in [1.54, 1.807) is 13.8 Å². The Morgan fingerprint density at radius 1 is 0.690 bits per heavy atom. The van der Waals surface area contributed by atoms with Gasteiger partial charge in [-0.3, -0.25) is 38.6 Å². The predicted octanol–water partition coefficient (Wildman–Crippen LogP) is 0.692. The summed E-state index contributed by atoms with van der Waals surface area (Å²) in [6.07, 6.45) is 2.26. The fourth-order valence-electron chi connectivity index (χ4n) is 5.68. The molecule has 4 fully saturated rings. The van der Waals surface area contributed by atoms with Crippen LogP contribution in [0.25, 0.3) is 0 Å².